The summed E-state index contributed by atoms with van der Waals surface area (Å²) in [6.45, 7) is 0.154. The van der Waals surface area contributed by atoms with Crippen LogP contribution in [-0.4, -0.2) is 21.3 Å². The normalized spacial score (nSPS) is 10.2. The van der Waals surface area contributed by atoms with Gasteiger partial charge in [-0.25, -0.2) is 0 Å². The first-order chi connectivity index (χ1) is 8.51. The van der Waals surface area contributed by atoms with Crippen molar-refractivity contribution in [2.24, 2.45) is 0 Å². The van der Waals surface area contributed by atoms with Crippen molar-refractivity contribution in [1.82, 2.24) is 0 Å². The average Bonchev–Trinajstić information content (AvgIpc) is 2.33. The summed E-state index contributed by atoms with van der Waals surface area (Å²) in [6.07, 6.45) is 2.15. The molecule has 18 heavy (non-hydrogen) atoms. The lowest BCUT2D eigenvalue weighted by Gasteiger charge is -1.97. The molecule has 0 spiro atoms. The summed E-state index contributed by atoms with van der Waals surface area (Å²) in [5.74, 6) is 5.85. The molecule has 0 aliphatic carbocycles. The van der Waals surface area contributed by atoms with Crippen molar-refractivity contribution in [2.75, 3.05) is 12.9 Å². The molecule has 0 N–H and O–H groups in total. The largest absolute Gasteiger partial charge is 0.270 e. The Morgan fingerprint density at radius 1 is 1.22 bits per heavy atom. The first-order valence-electron chi connectivity index (χ1n) is 5.35. The third-order valence-electron chi connectivity index (χ3n) is 1.99. The summed E-state index contributed by atoms with van der Waals surface area (Å²) in [5.41, 5.74) is 1.43. The maximum atomic E-state index is 10.7. The minimum Gasteiger partial charge on any atom is -0.270 e. The highest BCUT2D eigenvalue weighted by atomic mass is 32.2. The van der Waals surface area contributed by atoms with Crippen molar-refractivity contribution in [1.29, 1.82) is 5.26 Å². The Morgan fingerprint density at radius 3 is 2.39 bits per heavy atom. The zero-order valence-corrected chi connectivity index (χ0v) is 10.8. The lowest BCUT2D eigenvalue weighted by atomic mass is 10.1. The Bertz CT molecular complexity index is 586. The van der Waals surface area contributed by atoms with Gasteiger partial charge in [-0.2, -0.15) is 13.7 Å². The van der Waals surface area contributed by atoms with E-state index in [4.69, 9.17) is 5.26 Å². The molecule has 1 aromatic carbocycles. The van der Waals surface area contributed by atoms with E-state index >= 15 is 0 Å². The van der Waals surface area contributed by atoms with Crippen molar-refractivity contribution >= 4 is 10.1 Å². The molecule has 0 aromatic heterocycles. The highest BCUT2D eigenvalue weighted by Gasteiger charge is 1.99. The van der Waals surface area contributed by atoms with Crippen LogP contribution in [0.1, 0.15) is 24.0 Å². The molecule has 94 valence electrons. The fourth-order valence-electron chi connectivity index (χ4n) is 1.16. The molecule has 0 fully saturated rings. The molecule has 0 atom stereocenters. The van der Waals surface area contributed by atoms with Crippen molar-refractivity contribution in [3.63, 3.8) is 0 Å². The van der Waals surface area contributed by atoms with Gasteiger partial charge in [0.25, 0.3) is 10.1 Å². The topological polar surface area (TPSA) is 67.2 Å². The molecule has 0 amide bonds. The molecule has 1 rings (SSSR count). The molecule has 0 saturated heterocycles. The van der Waals surface area contributed by atoms with Crippen molar-refractivity contribution in [3.8, 4) is 17.9 Å². The molecule has 5 heteroatoms. The van der Waals surface area contributed by atoms with E-state index in [0.717, 1.165) is 11.8 Å². The second-order valence-electron chi connectivity index (χ2n) is 3.62. The maximum absolute atomic E-state index is 10.7. The van der Waals surface area contributed by atoms with Gasteiger partial charge in [0.05, 0.1) is 24.5 Å². The number of nitriles is 1. The summed E-state index contributed by atoms with van der Waals surface area (Å²) < 4.78 is 25.9. The van der Waals surface area contributed by atoms with E-state index in [1.54, 1.807) is 24.3 Å². The van der Waals surface area contributed by atoms with Crippen LogP contribution >= 0.6 is 0 Å². The minimum atomic E-state index is -3.35. The highest BCUT2D eigenvalue weighted by molar-refractivity contribution is 7.85. The van der Waals surface area contributed by atoms with Gasteiger partial charge in [-0.05, 0) is 30.7 Å². The lowest BCUT2D eigenvalue weighted by molar-refractivity contribution is 0.317. The molecule has 0 heterocycles. The number of hydrogen-bond donors (Lipinski definition) is 0. The fourth-order valence-corrected chi connectivity index (χ4v) is 1.58. The Kier molecular flexibility index (Phi) is 5.38. The van der Waals surface area contributed by atoms with Crippen LogP contribution in [0.5, 0.6) is 0 Å². The Balaban J connectivity index is 2.35. The van der Waals surface area contributed by atoms with Gasteiger partial charge in [-0.15, -0.1) is 0 Å². The molecule has 0 unspecified atom stereocenters. The van der Waals surface area contributed by atoms with Gasteiger partial charge in [0.1, 0.15) is 0 Å². The zero-order valence-electron chi connectivity index (χ0n) is 10.0. The summed E-state index contributed by atoms with van der Waals surface area (Å²) in [5, 5.41) is 8.62. The van der Waals surface area contributed by atoms with Gasteiger partial charge in [0.15, 0.2) is 0 Å². The molecule has 0 saturated carbocycles. The molecule has 0 aliphatic rings. The number of unbranched alkanes of at least 4 members (excludes halogenated alkanes) is 1. The van der Waals surface area contributed by atoms with Gasteiger partial charge in [0, 0.05) is 12.0 Å². The summed E-state index contributed by atoms with van der Waals surface area (Å²) in [4.78, 5) is 0. The summed E-state index contributed by atoms with van der Waals surface area (Å²) in [7, 11) is -3.35. The van der Waals surface area contributed by atoms with Crippen LogP contribution in [0.2, 0.25) is 0 Å². The predicted molar refractivity (Wildman–Crippen MR) is 68.1 cm³/mol. The smallest absolute Gasteiger partial charge is 0.264 e. The van der Waals surface area contributed by atoms with Gasteiger partial charge >= 0.3 is 0 Å². The first-order valence-corrected chi connectivity index (χ1v) is 7.16. The van der Waals surface area contributed by atoms with E-state index in [1.165, 1.54) is 0 Å². The first kappa shape index (κ1) is 14.2. The Morgan fingerprint density at radius 2 is 1.83 bits per heavy atom. The molecular weight excluding hydrogens is 250 g/mol. The molecule has 0 aliphatic heterocycles. The van der Waals surface area contributed by atoms with Crippen LogP contribution in [0.15, 0.2) is 24.3 Å². The minimum absolute atomic E-state index is 0.154. The van der Waals surface area contributed by atoms with E-state index in [-0.39, 0.29) is 6.61 Å². The van der Waals surface area contributed by atoms with Crippen LogP contribution < -0.4 is 0 Å². The van der Waals surface area contributed by atoms with Gasteiger partial charge in [0.2, 0.25) is 0 Å². The number of benzene rings is 1. The monoisotopic (exact) mass is 263 g/mol. The van der Waals surface area contributed by atoms with E-state index in [0.29, 0.717) is 18.4 Å². The molecular formula is C13H13NO3S. The lowest BCUT2D eigenvalue weighted by Crippen LogP contribution is -2.03. The molecule has 0 bridgehead atoms. The van der Waals surface area contributed by atoms with E-state index in [1.807, 2.05) is 6.07 Å². The third-order valence-corrected chi connectivity index (χ3v) is 2.59. The quantitative estimate of drug-likeness (QED) is 0.471. The highest BCUT2D eigenvalue weighted by Crippen LogP contribution is 2.01. The van der Waals surface area contributed by atoms with Crippen LogP contribution in [0.4, 0.5) is 0 Å². The van der Waals surface area contributed by atoms with Crippen LogP contribution in [0.3, 0.4) is 0 Å². The molecule has 1 aromatic rings. The fraction of sp³-hybridized carbons (Fsp3) is 0.308. The van der Waals surface area contributed by atoms with Crippen molar-refractivity contribution in [2.45, 2.75) is 12.8 Å². The summed E-state index contributed by atoms with van der Waals surface area (Å²) >= 11 is 0. The van der Waals surface area contributed by atoms with Crippen LogP contribution in [0, 0.1) is 23.2 Å². The second-order valence-corrected chi connectivity index (χ2v) is 5.26. The molecule has 4 nitrogen and oxygen atoms in total. The van der Waals surface area contributed by atoms with Crippen molar-refractivity contribution in [3.05, 3.63) is 35.4 Å². The third kappa shape index (κ3) is 6.05. The maximum Gasteiger partial charge on any atom is 0.264 e. The SMILES string of the molecule is CS(=O)(=O)OCCCC#Cc1ccc(C#N)cc1. The van der Waals surface area contributed by atoms with E-state index in [2.05, 4.69) is 16.0 Å². The second kappa shape index (κ2) is 6.80. The number of rotatable bonds is 4. The van der Waals surface area contributed by atoms with E-state index < -0.39 is 10.1 Å². The average molecular weight is 263 g/mol. The standard InChI is InChI=1S/C13H13NO3S/c1-18(15,16)17-10-4-2-3-5-12-6-8-13(11-14)9-7-12/h6-9H,2,4,10H2,1H3. The van der Waals surface area contributed by atoms with E-state index in [9.17, 15) is 8.42 Å². The van der Waals surface area contributed by atoms with Gasteiger partial charge in [-0.1, -0.05) is 11.8 Å². The summed E-state index contributed by atoms with van der Waals surface area (Å²) in [6, 6.07) is 8.99. The van der Waals surface area contributed by atoms with Crippen LogP contribution in [0.25, 0.3) is 0 Å². The Hall–Kier alpha value is -1.82. The molecule has 0 radical (unpaired) electrons. The van der Waals surface area contributed by atoms with Crippen LogP contribution in [-0.2, 0) is 14.3 Å². The Labute approximate surface area is 107 Å². The number of hydrogen-bond acceptors (Lipinski definition) is 4. The zero-order chi connectivity index (χ0) is 13.4. The van der Waals surface area contributed by atoms with Crippen molar-refractivity contribution < 1.29 is 12.6 Å². The van der Waals surface area contributed by atoms with Gasteiger partial charge in [-0.3, -0.25) is 4.18 Å². The number of nitrogens with zero attached hydrogens (tertiary/aromatic N) is 1. The predicted octanol–water partition coefficient (Wildman–Crippen LogP) is 1.67. The van der Waals surface area contributed by atoms with Gasteiger partial charge < -0.3 is 0 Å².